The molecule has 2 aliphatic rings. The lowest BCUT2D eigenvalue weighted by atomic mass is 9.85. The summed E-state index contributed by atoms with van der Waals surface area (Å²) in [5.74, 6) is 6.46. The maximum atomic E-state index is 12.2. The summed E-state index contributed by atoms with van der Waals surface area (Å²) < 4.78 is 4.87. The number of hydrogen-bond donors (Lipinski definition) is 2. The summed E-state index contributed by atoms with van der Waals surface area (Å²) in [7, 11) is 1.35. The lowest BCUT2D eigenvalue weighted by molar-refractivity contribution is -0.116. The van der Waals surface area contributed by atoms with E-state index in [1.807, 2.05) is 20.0 Å². The molecule has 4 N–H and O–H groups in total. The fourth-order valence-corrected chi connectivity index (χ4v) is 4.62. The highest BCUT2D eigenvalue weighted by atomic mass is 16.5. The molecule has 172 valence electrons. The maximum absolute atomic E-state index is 12.2. The molecule has 1 fully saturated rings. The fraction of sp³-hybridized carbons (Fsp3) is 0.583. The molecule has 7 nitrogen and oxygen atoms in total. The fourth-order valence-electron chi connectivity index (χ4n) is 4.62. The Bertz CT molecular complexity index is 802. The van der Waals surface area contributed by atoms with E-state index in [9.17, 15) is 9.59 Å². The molecule has 0 spiro atoms. The van der Waals surface area contributed by atoms with Crippen LogP contribution in [0.3, 0.4) is 0 Å². The van der Waals surface area contributed by atoms with E-state index in [1.54, 1.807) is 35.0 Å². The van der Waals surface area contributed by atoms with Crippen LogP contribution in [-0.2, 0) is 9.53 Å². The van der Waals surface area contributed by atoms with Crippen LogP contribution < -0.4 is 16.5 Å². The minimum absolute atomic E-state index is 0.0387. The van der Waals surface area contributed by atoms with Crippen LogP contribution in [0.15, 0.2) is 30.1 Å². The Morgan fingerprint density at radius 1 is 1.19 bits per heavy atom. The van der Waals surface area contributed by atoms with E-state index in [4.69, 9.17) is 16.3 Å². The van der Waals surface area contributed by atoms with E-state index >= 15 is 0 Å². The summed E-state index contributed by atoms with van der Waals surface area (Å²) >= 11 is 0. The minimum atomic E-state index is -0.417. The largest absolute Gasteiger partial charge is 0.465 e. The highest BCUT2D eigenvalue weighted by Gasteiger charge is 2.35. The van der Waals surface area contributed by atoms with Crippen LogP contribution in [0, 0.1) is 11.8 Å². The van der Waals surface area contributed by atoms with E-state index in [0.717, 1.165) is 29.8 Å². The smallest absolute Gasteiger partial charge is 0.337 e. The topological polar surface area (TPSA) is 102 Å². The van der Waals surface area contributed by atoms with Gasteiger partial charge in [-0.25, -0.2) is 10.6 Å². The van der Waals surface area contributed by atoms with Crippen molar-refractivity contribution in [1.29, 1.82) is 0 Å². The molecule has 0 aromatic heterocycles. The third-order valence-corrected chi connectivity index (χ3v) is 6.14. The SMILES string of the molecule is CC.COC(=O)c1ccc2c(c1)[C@@H](N(N)/C=C(\N)C1CCCCC1)[C@H](C)CN2C(C)=O. The van der Waals surface area contributed by atoms with Gasteiger partial charge in [-0.1, -0.05) is 40.0 Å². The predicted octanol–water partition coefficient (Wildman–Crippen LogP) is 4.10. The summed E-state index contributed by atoms with van der Waals surface area (Å²) in [6, 6.07) is 5.06. The summed E-state index contributed by atoms with van der Waals surface area (Å²) in [6.45, 7) is 8.15. The molecular weight excluding hydrogens is 392 g/mol. The number of nitrogens with two attached hydrogens (primary N) is 2. The molecule has 7 heteroatoms. The van der Waals surface area contributed by atoms with Crippen molar-refractivity contribution in [1.82, 2.24) is 5.01 Å². The lowest BCUT2D eigenvalue weighted by Crippen LogP contribution is -2.46. The molecular formula is C24H38N4O3. The molecule has 1 amide bonds. The van der Waals surface area contributed by atoms with Gasteiger partial charge in [0.2, 0.25) is 5.91 Å². The second-order valence-electron chi connectivity index (χ2n) is 8.23. The molecule has 0 bridgehead atoms. The zero-order valence-corrected chi connectivity index (χ0v) is 19.6. The van der Waals surface area contributed by atoms with Crippen molar-refractivity contribution in [3.8, 4) is 0 Å². The number of carbonyl (C=O) groups excluding carboxylic acids is 2. The van der Waals surface area contributed by atoms with Gasteiger partial charge in [0, 0.05) is 42.5 Å². The van der Waals surface area contributed by atoms with Crippen LogP contribution in [0.25, 0.3) is 0 Å². The summed E-state index contributed by atoms with van der Waals surface area (Å²) in [6.07, 6.45) is 7.69. The number of hydrogen-bond acceptors (Lipinski definition) is 6. The molecule has 31 heavy (non-hydrogen) atoms. The first kappa shape index (κ1) is 24.7. The number of esters is 1. The first-order chi connectivity index (χ1) is 14.8. The van der Waals surface area contributed by atoms with Crippen molar-refractivity contribution in [2.24, 2.45) is 23.4 Å². The second kappa shape index (κ2) is 11.2. The van der Waals surface area contributed by atoms with Crippen molar-refractivity contribution in [2.75, 3.05) is 18.6 Å². The molecule has 1 saturated carbocycles. The quantitative estimate of drug-likeness (QED) is 0.424. The minimum Gasteiger partial charge on any atom is -0.465 e. The molecule has 1 aliphatic heterocycles. The first-order valence-corrected chi connectivity index (χ1v) is 11.3. The number of amides is 1. The van der Waals surface area contributed by atoms with E-state index < -0.39 is 5.97 Å². The number of nitrogens with zero attached hydrogens (tertiary/aromatic N) is 2. The van der Waals surface area contributed by atoms with Crippen molar-refractivity contribution >= 4 is 17.6 Å². The van der Waals surface area contributed by atoms with Gasteiger partial charge in [0.15, 0.2) is 0 Å². The van der Waals surface area contributed by atoms with Gasteiger partial charge in [-0.15, -0.1) is 0 Å². The zero-order valence-electron chi connectivity index (χ0n) is 19.6. The number of anilines is 1. The van der Waals surface area contributed by atoms with E-state index in [0.29, 0.717) is 18.0 Å². The van der Waals surface area contributed by atoms with Crippen molar-refractivity contribution in [3.63, 3.8) is 0 Å². The molecule has 0 unspecified atom stereocenters. The Morgan fingerprint density at radius 3 is 2.42 bits per heavy atom. The average molecular weight is 431 g/mol. The van der Waals surface area contributed by atoms with Crippen molar-refractivity contribution in [3.05, 3.63) is 41.2 Å². The van der Waals surface area contributed by atoms with Crippen molar-refractivity contribution in [2.45, 2.75) is 65.8 Å². The normalized spacial score (nSPS) is 21.5. The number of carbonyl (C=O) groups is 2. The predicted molar refractivity (Wildman–Crippen MR) is 124 cm³/mol. The third kappa shape index (κ3) is 5.58. The van der Waals surface area contributed by atoms with Crippen molar-refractivity contribution < 1.29 is 14.3 Å². The van der Waals surface area contributed by atoms with E-state index in [1.165, 1.54) is 26.4 Å². The third-order valence-electron chi connectivity index (χ3n) is 6.14. The van der Waals surface area contributed by atoms with Crippen LogP contribution in [-0.4, -0.2) is 30.5 Å². The number of allylic oxidation sites excluding steroid dienone is 1. The van der Waals surface area contributed by atoms with Crippen LogP contribution in [0.2, 0.25) is 0 Å². The number of hydrazine groups is 1. The van der Waals surface area contributed by atoms with Gasteiger partial charge >= 0.3 is 5.97 Å². The Balaban J connectivity index is 0.00000166. The van der Waals surface area contributed by atoms with Gasteiger partial charge in [0.05, 0.1) is 18.7 Å². The summed E-state index contributed by atoms with van der Waals surface area (Å²) in [5.41, 5.74) is 9.24. The van der Waals surface area contributed by atoms with E-state index in [-0.39, 0.29) is 17.9 Å². The van der Waals surface area contributed by atoms with Crippen LogP contribution in [0.1, 0.15) is 81.8 Å². The second-order valence-corrected chi connectivity index (χ2v) is 8.23. The Morgan fingerprint density at radius 2 is 1.84 bits per heavy atom. The van der Waals surface area contributed by atoms with Gasteiger partial charge in [-0.3, -0.25) is 4.79 Å². The standard InChI is InChI=1S/C22H32N4O3.C2H6/c1-14-12-25(15(2)27)20-10-9-17(22(28)29-3)11-18(20)21(14)26(24)13-19(23)16-7-5-4-6-8-16;1-2/h9-11,13-14,16,21H,4-8,12,23-24H2,1-3H3;1-2H3/b19-13-;/t14-,21+;/m1./s1. The van der Waals surface area contributed by atoms with Gasteiger partial charge < -0.3 is 20.4 Å². The van der Waals surface area contributed by atoms with Gasteiger partial charge in [-0.05, 0) is 37.0 Å². The molecule has 1 heterocycles. The Hall–Kier alpha value is -2.54. The average Bonchev–Trinajstić information content (AvgIpc) is 2.79. The lowest BCUT2D eigenvalue weighted by Gasteiger charge is -2.42. The van der Waals surface area contributed by atoms with Crippen LogP contribution in [0.5, 0.6) is 0 Å². The Kier molecular flexibility index (Phi) is 8.92. The summed E-state index contributed by atoms with van der Waals surface area (Å²) in [5, 5.41) is 1.66. The summed E-state index contributed by atoms with van der Waals surface area (Å²) in [4.78, 5) is 26.0. The van der Waals surface area contributed by atoms with E-state index in [2.05, 4.69) is 6.92 Å². The van der Waals surface area contributed by atoms with Crippen LogP contribution in [0.4, 0.5) is 5.69 Å². The molecule has 0 radical (unpaired) electrons. The highest BCUT2D eigenvalue weighted by Crippen LogP contribution is 2.41. The number of methoxy groups -OCH3 is 1. The van der Waals surface area contributed by atoms with Gasteiger partial charge in [0.25, 0.3) is 0 Å². The van der Waals surface area contributed by atoms with Gasteiger partial charge in [0.1, 0.15) is 0 Å². The molecule has 2 atom stereocenters. The van der Waals surface area contributed by atoms with Gasteiger partial charge in [-0.2, -0.15) is 0 Å². The molecule has 0 saturated heterocycles. The zero-order chi connectivity index (χ0) is 23.1. The number of rotatable bonds is 4. The molecule has 1 aromatic carbocycles. The monoisotopic (exact) mass is 430 g/mol. The number of fused-ring (bicyclic) bond motifs is 1. The Labute approximate surface area is 186 Å². The molecule has 1 aromatic rings. The number of ether oxygens (including phenoxy) is 1. The highest BCUT2D eigenvalue weighted by molar-refractivity contribution is 5.95. The maximum Gasteiger partial charge on any atom is 0.337 e. The molecule has 3 rings (SSSR count). The number of benzene rings is 1. The van der Waals surface area contributed by atoms with Crippen LogP contribution >= 0.6 is 0 Å². The first-order valence-electron chi connectivity index (χ1n) is 11.3. The molecule has 1 aliphatic carbocycles.